The van der Waals surface area contributed by atoms with Gasteiger partial charge in [0.15, 0.2) is 0 Å². The van der Waals surface area contributed by atoms with E-state index in [1.807, 2.05) is 42.5 Å². The lowest BCUT2D eigenvalue weighted by Crippen LogP contribution is -2.60. The first-order chi connectivity index (χ1) is 7.22. The van der Waals surface area contributed by atoms with Crippen LogP contribution in [0.3, 0.4) is 0 Å². The van der Waals surface area contributed by atoms with Crippen LogP contribution in [0.25, 0.3) is 6.08 Å². The van der Waals surface area contributed by atoms with Gasteiger partial charge in [0.1, 0.15) is 12.5 Å². The van der Waals surface area contributed by atoms with Gasteiger partial charge in [-0.2, -0.15) is 0 Å². The van der Waals surface area contributed by atoms with Crippen molar-refractivity contribution < 1.29 is 15.3 Å². The number of esters is 1. The van der Waals surface area contributed by atoms with E-state index in [2.05, 4.69) is 10.5 Å². The first-order valence-electron chi connectivity index (χ1n) is 4.85. The Balaban J connectivity index is 2.47. The number of rotatable bonds is 4. The van der Waals surface area contributed by atoms with E-state index in [9.17, 15) is 4.79 Å². The van der Waals surface area contributed by atoms with Crippen molar-refractivity contribution in [1.29, 1.82) is 0 Å². The number of methoxy groups -OCH3 is 1. The second-order valence-electron chi connectivity index (χ2n) is 3.31. The van der Waals surface area contributed by atoms with E-state index < -0.39 is 0 Å². The van der Waals surface area contributed by atoms with Crippen LogP contribution in [0.1, 0.15) is 12.0 Å². The molecule has 0 bridgehead atoms. The van der Waals surface area contributed by atoms with E-state index in [1.54, 1.807) is 0 Å². The van der Waals surface area contributed by atoms with Gasteiger partial charge in [0.25, 0.3) is 0 Å². The van der Waals surface area contributed by atoms with Crippen LogP contribution in [0.5, 0.6) is 0 Å². The monoisotopic (exact) mass is 206 g/mol. The summed E-state index contributed by atoms with van der Waals surface area (Å²) in [5.74, 6) is -0.229. The number of hydrogen-bond acceptors (Lipinski definition) is 2. The zero-order chi connectivity index (χ0) is 11.1. The summed E-state index contributed by atoms with van der Waals surface area (Å²) in [5, 5.41) is 0. The van der Waals surface area contributed by atoms with Gasteiger partial charge in [-0.3, -0.25) is 4.79 Å². The molecule has 1 atom stereocenters. The molecule has 3 nitrogen and oxygen atoms in total. The van der Waals surface area contributed by atoms with Crippen LogP contribution < -0.4 is 5.73 Å². The van der Waals surface area contributed by atoms with Crippen LogP contribution in [-0.4, -0.2) is 19.1 Å². The van der Waals surface area contributed by atoms with Crippen molar-refractivity contribution >= 4 is 12.0 Å². The molecule has 80 valence electrons. The highest BCUT2D eigenvalue weighted by Crippen LogP contribution is 2.02. The summed E-state index contributed by atoms with van der Waals surface area (Å²) < 4.78 is 4.56. The molecular weight excluding hydrogens is 190 g/mol. The molecule has 0 saturated carbocycles. The van der Waals surface area contributed by atoms with E-state index in [4.69, 9.17) is 0 Å². The minimum atomic E-state index is -0.229. The molecular formula is C12H16NO2+. The van der Waals surface area contributed by atoms with Crippen LogP contribution in [0.4, 0.5) is 0 Å². The van der Waals surface area contributed by atoms with Gasteiger partial charge in [-0.05, 0) is 11.6 Å². The maximum absolute atomic E-state index is 10.9. The predicted molar refractivity (Wildman–Crippen MR) is 58.8 cm³/mol. The van der Waals surface area contributed by atoms with Gasteiger partial charge < -0.3 is 10.5 Å². The molecule has 3 heteroatoms. The van der Waals surface area contributed by atoms with E-state index in [1.165, 1.54) is 7.11 Å². The van der Waals surface area contributed by atoms with Gasteiger partial charge in [0.2, 0.25) is 0 Å². The Morgan fingerprint density at radius 3 is 2.73 bits per heavy atom. The summed E-state index contributed by atoms with van der Waals surface area (Å²) in [6.45, 7) is 0. The van der Waals surface area contributed by atoms with Gasteiger partial charge in [-0.15, -0.1) is 0 Å². The normalized spacial score (nSPS) is 12.7. The molecule has 0 spiro atoms. The second kappa shape index (κ2) is 5.98. The lowest BCUT2D eigenvalue weighted by atomic mass is 10.1. The summed E-state index contributed by atoms with van der Waals surface area (Å²) in [7, 11) is 1.38. The minimum absolute atomic E-state index is 0.0438. The highest BCUT2D eigenvalue weighted by atomic mass is 16.5. The Morgan fingerprint density at radius 2 is 2.13 bits per heavy atom. The van der Waals surface area contributed by atoms with Gasteiger partial charge >= 0.3 is 5.97 Å². The summed E-state index contributed by atoms with van der Waals surface area (Å²) in [4.78, 5) is 10.9. The molecule has 0 amide bonds. The molecule has 0 aliphatic rings. The predicted octanol–water partition coefficient (Wildman–Crippen LogP) is 0.873. The molecule has 0 unspecified atom stereocenters. The molecule has 0 aromatic heterocycles. The number of carbonyl (C=O) groups is 1. The molecule has 15 heavy (non-hydrogen) atoms. The fourth-order valence-corrected chi connectivity index (χ4v) is 1.18. The lowest BCUT2D eigenvalue weighted by molar-refractivity contribution is -0.402. The molecule has 0 fully saturated rings. The largest absolute Gasteiger partial charge is 0.469 e. The first kappa shape index (κ1) is 11.5. The van der Waals surface area contributed by atoms with Gasteiger partial charge in [0.05, 0.1) is 7.11 Å². The number of hydrogen-bond donors (Lipinski definition) is 1. The van der Waals surface area contributed by atoms with Crippen LogP contribution in [-0.2, 0) is 9.53 Å². The average Bonchev–Trinajstić information content (AvgIpc) is 2.27. The van der Waals surface area contributed by atoms with Crippen molar-refractivity contribution in [2.45, 2.75) is 12.5 Å². The van der Waals surface area contributed by atoms with Crippen molar-refractivity contribution in [2.24, 2.45) is 0 Å². The second-order valence-corrected chi connectivity index (χ2v) is 3.31. The van der Waals surface area contributed by atoms with E-state index >= 15 is 0 Å². The molecule has 0 radical (unpaired) electrons. The zero-order valence-electron chi connectivity index (χ0n) is 8.85. The van der Waals surface area contributed by atoms with Crippen molar-refractivity contribution in [3.8, 4) is 0 Å². The van der Waals surface area contributed by atoms with Crippen LogP contribution in [0.15, 0.2) is 36.4 Å². The SMILES string of the molecule is COC(=O)C[C@H]([NH3+])/C=C/c1ccccc1. The molecule has 3 N–H and O–H groups in total. The third kappa shape index (κ3) is 4.42. The Kier molecular flexibility index (Phi) is 4.57. The van der Waals surface area contributed by atoms with E-state index in [0.717, 1.165) is 5.56 Å². The molecule has 0 heterocycles. The van der Waals surface area contributed by atoms with Crippen LogP contribution >= 0.6 is 0 Å². The van der Waals surface area contributed by atoms with Gasteiger partial charge in [-0.1, -0.05) is 36.4 Å². The topological polar surface area (TPSA) is 53.9 Å². The highest BCUT2D eigenvalue weighted by molar-refractivity contribution is 5.70. The minimum Gasteiger partial charge on any atom is -0.469 e. The average molecular weight is 206 g/mol. The fourth-order valence-electron chi connectivity index (χ4n) is 1.18. The van der Waals surface area contributed by atoms with Gasteiger partial charge in [-0.25, -0.2) is 0 Å². The first-order valence-corrected chi connectivity index (χ1v) is 4.85. The number of ether oxygens (including phenoxy) is 1. The Bertz CT molecular complexity index is 333. The third-order valence-corrected chi connectivity index (χ3v) is 2.02. The van der Waals surface area contributed by atoms with Crippen LogP contribution in [0, 0.1) is 0 Å². The number of carbonyl (C=O) groups excluding carboxylic acids is 1. The standard InChI is InChI=1S/C12H15NO2/c1-15-12(14)9-11(13)8-7-10-5-3-2-4-6-10/h2-8,11H,9,13H2,1H3/p+1/b8-7+/t11-/m1/s1. The maximum Gasteiger partial charge on any atom is 0.311 e. The van der Waals surface area contributed by atoms with Crippen molar-refractivity contribution in [1.82, 2.24) is 0 Å². The molecule has 0 aliphatic carbocycles. The van der Waals surface area contributed by atoms with Gasteiger partial charge in [0, 0.05) is 0 Å². The van der Waals surface area contributed by atoms with Crippen molar-refractivity contribution in [2.75, 3.05) is 7.11 Å². The number of quaternary nitrogens is 1. The smallest absolute Gasteiger partial charge is 0.311 e. The third-order valence-electron chi connectivity index (χ3n) is 2.02. The summed E-state index contributed by atoms with van der Waals surface area (Å²) in [6, 6.07) is 9.87. The highest BCUT2D eigenvalue weighted by Gasteiger charge is 2.08. The Morgan fingerprint density at radius 1 is 1.47 bits per heavy atom. The zero-order valence-corrected chi connectivity index (χ0v) is 8.85. The molecule has 1 aromatic carbocycles. The molecule has 1 aromatic rings. The summed E-state index contributed by atoms with van der Waals surface area (Å²) in [6.07, 6.45) is 4.19. The fraction of sp³-hybridized carbons (Fsp3) is 0.250. The van der Waals surface area contributed by atoms with Crippen molar-refractivity contribution in [3.63, 3.8) is 0 Å². The number of benzene rings is 1. The lowest BCUT2D eigenvalue weighted by Gasteiger charge is -2.01. The molecule has 1 rings (SSSR count). The Hall–Kier alpha value is -1.61. The quantitative estimate of drug-likeness (QED) is 0.743. The Labute approximate surface area is 89.5 Å². The molecule has 0 saturated heterocycles. The summed E-state index contributed by atoms with van der Waals surface area (Å²) in [5.41, 5.74) is 4.96. The van der Waals surface area contributed by atoms with E-state index in [0.29, 0.717) is 6.42 Å². The molecule has 0 aliphatic heterocycles. The van der Waals surface area contributed by atoms with Crippen molar-refractivity contribution in [3.05, 3.63) is 42.0 Å². The van der Waals surface area contributed by atoms with Crippen LogP contribution in [0.2, 0.25) is 0 Å². The van der Waals surface area contributed by atoms with E-state index in [-0.39, 0.29) is 12.0 Å². The summed E-state index contributed by atoms with van der Waals surface area (Å²) >= 11 is 0. The maximum atomic E-state index is 10.9.